The molecular weight excluding hydrogens is 450 g/mol. The molecule has 0 aliphatic heterocycles. The average Bonchev–Trinajstić information content (AvgIpc) is 3.29. The summed E-state index contributed by atoms with van der Waals surface area (Å²) < 4.78 is 32.7. The Labute approximate surface area is 195 Å². The summed E-state index contributed by atoms with van der Waals surface area (Å²) in [5.74, 6) is -1.14. The van der Waals surface area contributed by atoms with E-state index in [0.717, 1.165) is 23.7 Å². The average molecular weight is 475 g/mol. The maximum absolute atomic E-state index is 13.4. The third-order valence-electron chi connectivity index (χ3n) is 6.87. The van der Waals surface area contributed by atoms with E-state index in [9.17, 15) is 13.6 Å². The van der Waals surface area contributed by atoms with Gasteiger partial charge in [-0.15, -0.1) is 10.2 Å². The lowest BCUT2D eigenvalue weighted by Crippen LogP contribution is -2.27. The summed E-state index contributed by atoms with van der Waals surface area (Å²) in [7, 11) is 0. The number of rotatable bonds is 4. The van der Waals surface area contributed by atoms with Crippen LogP contribution in [-0.4, -0.2) is 27.0 Å². The van der Waals surface area contributed by atoms with Crippen molar-refractivity contribution in [2.24, 2.45) is 5.92 Å². The van der Waals surface area contributed by atoms with E-state index in [4.69, 9.17) is 16.0 Å². The number of alkyl halides is 2. The molecule has 1 N–H and O–H groups in total. The molecule has 0 bridgehead atoms. The maximum atomic E-state index is 13.4. The van der Waals surface area contributed by atoms with Gasteiger partial charge in [0, 0.05) is 41.0 Å². The van der Waals surface area contributed by atoms with Crippen LogP contribution in [-0.2, 0) is 4.79 Å². The van der Waals surface area contributed by atoms with Gasteiger partial charge in [-0.2, -0.15) is 0 Å². The molecule has 2 fully saturated rings. The van der Waals surface area contributed by atoms with Crippen molar-refractivity contribution in [3.63, 3.8) is 0 Å². The van der Waals surface area contributed by atoms with Gasteiger partial charge in [0.05, 0.1) is 5.52 Å². The molecule has 0 unspecified atom stereocenters. The number of carbonyl (C=O) groups is 1. The van der Waals surface area contributed by atoms with E-state index in [1.807, 2.05) is 18.2 Å². The highest BCUT2D eigenvalue weighted by Gasteiger charge is 2.38. The van der Waals surface area contributed by atoms with Crippen molar-refractivity contribution < 1.29 is 18.0 Å². The molecule has 0 atom stereocenters. The Bertz CT molecular complexity index is 1150. The third kappa shape index (κ3) is 5.00. The summed E-state index contributed by atoms with van der Waals surface area (Å²) in [6.07, 6.45) is 3.46. The van der Waals surface area contributed by atoms with E-state index in [1.54, 1.807) is 12.1 Å². The molecule has 2 aromatic heterocycles. The number of fused-ring (bicyclic) bond motifs is 1. The van der Waals surface area contributed by atoms with Gasteiger partial charge in [0.15, 0.2) is 0 Å². The molecule has 5 rings (SSSR count). The molecule has 2 saturated carbocycles. The van der Waals surface area contributed by atoms with Crippen molar-refractivity contribution in [1.29, 1.82) is 0 Å². The van der Waals surface area contributed by atoms with Gasteiger partial charge < -0.3 is 9.73 Å². The van der Waals surface area contributed by atoms with E-state index >= 15 is 0 Å². The minimum atomic E-state index is -2.58. The first kappa shape index (κ1) is 22.2. The Morgan fingerprint density at radius 1 is 0.970 bits per heavy atom. The standard InChI is InChI=1S/C24H25ClF2N4O2/c25-18-6-7-19-17(13-18)5-8-20(28-19)29-21(32)14-1-3-15(4-2-14)22-30-31-23(33-22)16-9-11-24(26,27)12-10-16/h5-8,13-16H,1-4,9-12H2,(H,28,29,32). The highest BCUT2D eigenvalue weighted by molar-refractivity contribution is 6.31. The Morgan fingerprint density at radius 3 is 2.33 bits per heavy atom. The Kier molecular flexibility index (Phi) is 6.03. The van der Waals surface area contributed by atoms with Crippen LogP contribution in [0.5, 0.6) is 0 Å². The number of anilines is 1. The van der Waals surface area contributed by atoms with Gasteiger partial charge in [-0.25, -0.2) is 13.8 Å². The first-order valence-electron chi connectivity index (χ1n) is 11.4. The fourth-order valence-electron chi connectivity index (χ4n) is 4.86. The summed E-state index contributed by atoms with van der Waals surface area (Å²) in [6, 6.07) is 9.11. The molecule has 3 aromatic rings. The lowest BCUT2D eigenvalue weighted by molar-refractivity contribution is -0.120. The van der Waals surface area contributed by atoms with Gasteiger partial charge >= 0.3 is 0 Å². The molecule has 33 heavy (non-hydrogen) atoms. The molecular formula is C24H25ClF2N4O2. The molecule has 0 saturated heterocycles. The zero-order valence-corrected chi connectivity index (χ0v) is 18.8. The van der Waals surface area contributed by atoms with Crippen LogP contribution in [0.1, 0.15) is 75.0 Å². The van der Waals surface area contributed by atoms with E-state index in [1.165, 1.54) is 0 Å². The molecule has 174 valence electrons. The van der Waals surface area contributed by atoms with Crippen molar-refractivity contribution in [2.45, 2.75) is 69.1 Å². The number of benzene rings is 1. The normalized spacial score (nSPS) is 23.5. The van der Waals surface area contributed by atoms with Crippen LogP contribution in [0.3, 0.4) is 0 Å². The molecule has 1 aromatic carbocycles. The molecule has 0 radical (unpaired) electrons. The summed E-state index contributed by atoms with van der Waals surface area (Å²) in [4.78, 5) is 17.3. The van der Waals surface area contributed by atoms with Crippen LogP contribution in [0.4, 0.5) is 14.6 Å². The fraction of sp³-hybridized carbons (Fsp3) is 0.500. The minimum absolute atomic E-state index is 0.0383. The largest absolute Gasteiger partial charge is 0.425 e. The number of amides is 1. The molecule has 2 heterocycles. The first-order valence-corrected chi connectivity index (χ1v) is 11.8. The number of hydrogen-bond acceptors (Lipinski definition) is 5. The highest BCUT2D eigenvalue weighted by Crippen LogP contribution is 2.42. The van der Waals surface area contributed by atoms with Crippen LogP contribution in [0.25, 0.3) is 10.9 Å². The van der Waals surface area contributed by atoms with Crippen LogP contribution < -0.4 is 5.32 Å². The molecule has 6 nitrogen and oxygen atoms in total. The molecule has 1 amide bonds. The number of pyridine rings is 1. The number of nitrogens with zero attached hydrogens (tertiary/aromatic N) is 3. The smallest absolute Gasteiger partial charge is 0.248 e. The second kappa shape index (κ2) is 8.97. The monoisotopic (exact) mass is 474 g/mol. The zero-order chi connectivity index (χ0) is 23.0. The van der Waals surface area contributed by atoms with Crippen LogP contribution in [0, 0.1) is 5.92 Å². The number of carbonyl (C=O) groups excluding carboxylic acids is 1. The van der Waals surface area contributed by atoms with Crippen molar-refractivity contribution in [3.8, 4) is 0 Å². The predicted octanol–water partition coefficient (Wildman–Crippen LogP) is 6.48. The van der Waals surface area contributed by atoms with Crippen LogP contribution in [0.2, 0.25) is 5.02 Å². The maximum Gasteiger partial charge on any atom is 0.248 e. The first-order chi connectivity index (χ1) is 15.9. The topological polar surface area (TPSA) is 80.9 Å². The van der Waals surface area contributed by atoms with Crippen molar-refractivity contribution >= 4 is 34.2 Å². The summed E-state index contributed by atoms with van der Waals surface area (Å²) in [5.41, 5.74) is 0.773. The summed E-state index contributed by atoms with van der Waals surface area (Å²) in [6.45, 7) is 0. The van der Waals surface area contributed by atoms with E-state index < -0.39 is 5.92 Å². The van der Waals surface area contributed by atoms with Gasteiger partial charge in [0.25, 0.3) is 0 Å². The van der Waals surface area contributed by atoms with Crippen LogP contribution >= 0.6 is 11.6 Å². The molecule has 9 heteroatoms. The predicted molar refractivity (Wildman–Crippen MR) is 121 cm³/mol. The molecule has 2 aliphatic rings. The third-order valence-corrected chi connectivity index (χ3v) is 7.11. The second-order valence-corrected chi connectivity index (χ2v) is 9.62. The van der Waals surface area contributed by atoms with E-state index in [2.05, 4.69) is 20.5 Å². The van der Waals surface area contributed by atoms with E-state index in [0.29, 0.717) is 48.3 Å². The van der Waals surface area contributed by atoms with Gasteiger partial charge in [-0.3, -0.25) is 4.79 Å². The lowest BCUT2D eigenvalue weighted by Gasteiger charge is -2.26. The molecule has 2 aliphatic carbocycles. The van der Waals surface area contributed by atoms with Crippen molar-refractivity contribution in [1.82, 2.24) is 15.2 Å². The van der Waals surface area contributed by atoms with Gasteiger partial charge in [0.2, 0.25) is 23.6 Å². The Balaban J connectivity index is 1.15. The Morgan fingerprint density at radius 2 is 1.64 bits per heavy atom. The van der Waals surface area contributed by atoms with E-state index in [-0.39, 0.29) is 36.5 Å². The quantitative estimate of drug-likeness (QED) is 0.468. The highest BCUT2D eigenvalue weighted by atomic mass is 35.5. The van der Waals surface area contributed by atoms with Crippen LogP contribution in [0.15, 0.2) is 34.7 Å². The second-order valence-electron chi connectivity index (χ2n) is 9.18. The van der Waals surface area contributed by atoms with Crippen molar-refractivity contribution in [2.75, 3.05) is 5.32 Å². The fourth-order valence-corrected chi connectivity index (χ4v) is 5.04. The van der Waals surface area contributed by atoms with Gasteiger partial charge in [0.1, 0.15) is 5.82 Å². The minimum Gasteiger partial charge on any atom is -0.425 e. The molecule has 0 spiro atoms. The Hall–Kier alpha value is -2.61. The zero-order valence-electron chi connectivity index (χ0n) is 18.1. The number of aromatic nitrogens is 3. The van der Waals surface area contributed by atoms with Gasteiger partial charge in [-0.05, 0) is 68.9 Å². The number of nitrogens with one attached hydrogen (secondary N) is 1. The van der Waals surface area contributed by atoms with Gasteiger partial charge in [-0.1, -0.05) is 11.6 Å². The number of hydrogen-bond donors (Lipinski definition) is 1. The number of halogens is 3. The summed E-state index contributed by atoms with van der Waals surface area (Å²) >= 11 is 6.01. The summed E-state index contributed by atoms with van der Waals surface area (Å²) in [5, 5.41) is 12.8. The lowest BCUT2D eigenvalue weighted by atomic mass is 9.81. The SMILES string of the molecule is O=C(Nc1ccc2cc(Cl)ccc2n1)C1CCC(c2nnc(C3CCC(F)(F)CC3)o2)CC1. The van der Waals surface area contributed by atoms with Crippen molar-refractivity contribution in [3.05, 3.63) is 47.1 Å².